The Morgan fingerprint density at radius 2 is 1.17 bits per heavy atom. The molecule has 0 saturated heterocycles. The van der Waals surface area contributed by atoms with Gasteiger partial charge in [-0.15, -0.1) is 0 Å². The summed E-state index contributed by atoms with van der Waals surface area (Å²) in [7, 11) is 0. The van der Waals surface area contributed by atoms with Crippen LogP contribution in [0.1, 0.15) is 63.4 Å². The molecule has 7 heteroatoms. The van der Waals surface area contributed by atoms with Crippen molar-refractivity contribution in [2.75, 3.05) is 0 Å². The Balaban J connectivity index is 1.05. The Morgan fingerprint density at radius 3 is 1.78 bits per heavy atom. The lowest BCUT2D eigenvalue weighted by Gasteiger charge is -2.08. The molecule has 210 valence electrons. The van der Waals surface area contributed by atoms with E-state index in [-0.39, 0.29) is 18.1 Å². The molecule has 0 fully saturated rings. The number of benzene rings is 4. The van der Waals surface area contributed by atoms with Crippen molar-refractivity contribution in [3.8, 4) is 28.7 Å². The third-order valence-corrected chi connectivity index (χ3v) is 6.76. The molecule has 0 unspecified atom stereocenters. The molecule has 0 aromatic heterocycles. The van der Waals surface area contributed by atoms with Gasteiger partial charge in [-0.2, -0.15) is 5.26 Å². The molecule has 0 radical (unpaired) electrons. The Hall–Kier alpha value is -4.57. The first-order valence-electron chi connectivity index (χ1n) is 13.8. The van der Waals surface area contributed by atoms with Crippen LogP contribution in [0.25, 0.3) is 21.9 Å². The number of nitrogens with zero attached hydrogens (tertiary/aromatic N) is 1. The fourth-order valence-electron chi connectivity index (χ4n) is 4.57. The number of carbonyl (C=O) groups excluding carboxylic acids is 2. The van der Waals surface area contributed by atoms with Gasteiger partial charge in [0.05, 0.1) is 11.6 Å². The van der Waals surface area contributed by atoms with Gasteiger partial charge in [-0.25, -0.2) is 8.78 Å². The van der Waals surface area contributed by atoms with Gasteiger partial charge in [0.25, 0.3) is 0 Å². The first-order valence-corrected chi connectivity index (χ1v) is 13.8. The minimum Gasteiger partial charge on any atom is -0.427 e. The zero-order chi connectivity index (χ0) is 29.0. The highest BCUT2D eigenvalue weighted by Crippen LogP contribution is 2.27. The van der Waals surface area contributed by atoms with Gasteiger partial charge in [0.15, 0.2) is 0 Å². The Morgan fingerprint density at radius 1 is 0.634 bits per heavy atom. The van der Waals surface area contributed by atoms with Crippen LogP contribution < -0.4 is 9.47 Å². The number of hydrogen-bond donors (Lipinski definition) is 0. The highest BCUT2D eigenvalue weighted by Gasteiger charge is 2.11. The highest BCUT2D eigenvalue weighted by atomic mass is 19.1. The van der Waals surface area contributed by atoms with Gasteiger partial charge in [0.1, 0.15) is 23.1 Å². The van der Waals surface area contributed by atoms with E-state index in [1.165, 1.54) is 42.5 Å². The van der Waals surface area contributed by atoms with Crippen molar-refractivity contribution in [1.29, 1.82) is 5.26 Å². The van der Waals surface area contributed by atoms with Crippen molar-refractivity contribution >= 4 is 22.7 Å². The summed E-state index contributed by atoms with van der Waals surface area (Å²) in [5.41, 5.74) is 1.44. The topological polar surface area (TPSA) is 76.4 Å². The average molecular weight is 556 g/mol. The second-order valence-corrected chi connectivity index (χ2v) is 9.91. The Kier molecular flexibility index (Phi) is 10.6. The van der Waals surface area contributed by atoms with Gasteiger partial charge in [0, 0.05) is 24.5 Å². The fourth-order valence-corrected chi connectivity index (χ4v) is 4.57. The zero-order valence-corrected chi connectivity index (χ0v) is 22.7. The van der Waals surface area contributed by atoms with E-state index in [1.54, 1.807) is 24.3 Å². The number of hydrogen-bond acceptors (Lipinski definition) is 5. The monoisotopic (exact) mass is 555 g/mol. The Labute approximate surface area is 238 Å². The van der Waals surface area contributed by atoms with Crippen LogP contribution in [-0.2, 0) is 9.59 Å². The van der Waals surface area contributed by atoms with E-state index < -0.39 is 17.6 Å². The lowest BCUT2D eigenvalue weighted by molar-refractivity contribution is -0.135. The van der Waals surface area contributed by atoms with Crippen LogP contribution in [0.15, 0.2) is 78.9 Å². The van der Waals surface area contributed by atoms with Crippen molar-refractivity contribution in [1.82, 2.24) is 0 Å². The number of ether oxygens (including phenoxy) is 2. The molecular weight excluding hydrogens is 524 g/mol. The summed E-state index contributed by atoms with van der Waals surface area (Å²) in [6.07, 6.45) is 6.82. The van der Waals surface area contributed by atoms with Crippen molar-refractivity contribution in [2.24, 2.45) is 0 Å². The normalized spacial score (nSPS) is 10.8. The fraction of sp³-hybridized carbons (Fsp3) is 0.265. The van der Waals surface area contributed by atoms with E-state index in [0.717, 1.165) is 49.3 Å². The van der Waals surface area contributed by atoms with Crippen molar-refractivity contribution < 1.29 is 27.8 Å². The van der Waals surface area contributed by atoms with Crippen molar-refractivity contribution in [3.05, 3.63) is 96.1 Å². The first kappa shape index (κ1) is 29.4. The number of nitriles is 1. The van der Waals surface area contributed by atoms with Crippen LogP contribution in [0.5, 0.6) is 11.5 Å². The summed E-state index contributed by atoms with van der Waals surface area (Å²) in [6.45, 7) is 0. The van der Waals surface area contributed by atoms with Gasteiger partial charge in [-0.3, -0.25) is 9.59 Å². The molecule has 41 heavy (non-hydrogen) atoms. The minimum absolute atomic E-state index is 0.145. The van der Waals surface area contributed by atoms with Gasteiger partial charge in [-0.1, -0.05) is 56.4 Å². The van der Waals surface area contributed by atoms with Crippen molar-refractivity contribution in [2.45, 2.75) is 57.8 Å². The zero-order valence-electron chi connectivity index (χ0n) is 22.7. The molecule has 0 amide bonds. The standard InChI is InChI=1S/C34H31F2NO4/c35-28-15-12-25(13-16-28)31-19-18-30(22-32(31)36)41-34(39)9-7-5-3-1-2-4-6-8-33(38)40-29-17-14-26-20-24(23-37)10-11-27(26)21-29/h10-22H,1-9H2. The van der Waals surface area contributed by atoms with Crippen LogP contribution in [0.3, 0.4) is 0 Å². The second kappa shape index (κ2) is 14.7. The molecule has 0 heterocycles. The van der Waals surface area contributed by atoms with Gasteiger partial charge in [0.2, 0.25) is 0 Å². The minimum atomic E-state index is -0.542. The molecule has 0 saturated carbocycles. The first-order chi connectivity index (χ1) is 19.9. The second-order valence-electron chi connectivity index (χ2n) is 9.91. The Bertz CT molecular complexity index is 1540. The largest absolute Gasteiger partial charge is 0.427 e. The number of unbranched alkanes of at least 4 members (excludes halogenated alkanes) is 6. The van der Waals surface area contributed by atoms with Crippen molar-refractivity contribution in [3.63, 3.8) is 0 Å². The van der Waals surface area contributed by atoms with E-state index in [9.17, 15) is 18.4 Å². The molecule has 0 N–H and O–H groups in total. The number of rotatable bonds is 13. The molecule has 0 spiro atoms. The smallest absolute Gasteiger partial charge is 0.311 e. The predicted molar refractivity (Wildman–Crippen MR) is 153 cm³/mol. The third-order valence-electron chi connectivity index (χ3n) is 6.76. The molecule has 0 atom stereocenters. The van der Waals surface area contributed by atoms with Crippen LogP contribution in [-0.4, -0.2) is 11.9 Å². The highest BCUT2D eigenvalue weighted by molar-refractivity contribution is 5.86. The van der Waals surface area contributed by atoms with Crippen LogP contribution in [0, 0.1) is 23.0 Å². The van der Waals surface area contributed by atoms with E-state index >= 15 is 0 Å². The summed E-state index contributed by atoms with van der Waals surface area (Å²) in [5.74, 6) is -0.963. The summed E-state index contributed by atoms with van der Waals surface area (Å²) in [6, 6.07) is 22.6. The lowest BCUT2D eigenvalue weighted by atomic mass is 10.0. The molecule has 0 aliphatic heterocycles. The molecule has 4 aromatic carbocycles. The average Bonchev–Trinajstić information content (AvgIpc) is 2.96. The number of esters is 2. The quantitative estimate of drug-likeness (QED) is 0.0937. The van der Waals surface area contributed by atoms with Gasteiger partial charge >= 0.3 is 11.9 Å². The summed E-state index contributed by atoms with van der Waals surface area (Å²) < 4.78 is 38.3. The molecule has 0 aliphatic carbocycles. The number of carbonyl (C=O) groups is 2. The maximum atomic E-state index is 14.5. The van der Waals surface area contributed by atoms with Crippen LogP contribution >= 0.6 is 0 Å². The molecule has 4 rings (SSSR count). The van der Waals surface area contributed by atoms with E-state index in [0.29, 0.717) is 35.3 Å². The summed E-state index contributed by atoms with van der Waals surface area (Å²) >= 11 is 0. The number of fused-ring (bicyclic) bond motifs is 1. The van der Waals surface area contributed by atoms with Crippen LogP contribution in [0.2, 0.25) is 0 Å². The van der Waals surface area contributed by atoms with E-state index in [2.05, 4.69) is 6.07 Å². The number of halogens is 2. The lowest BCUT2D eigenvalue weighted by Crippen LogP contribution is -2.08. The summed E-state index contributed by atoms with van der Waals surface area (Å²) in [4.78, 5) is 24.3. The molecule has 4 aromatic rings. The molecule has 0 aliphatic rings. The summed E-state index contributed by atoms with van der Waals surface area (Å²) in [5, 5.41) is 10.8. The maximum absolute atomic E-state index is 14.5. The van der Waals surface area contributed by atoms with Gasteiger partial charge < -0.3 is 9.47 Å². The van der Waals surface area contributed by atoms with Crippen LogP contribution in [0.4, 0.5) is 8.78 Å². The third kappa shape index (κ3) is 8.97. The van der Waals surface area contributed by atoms with E-state index in [1.807, 2.05) is 12.1 Å². The van der Waals surface area contributed by atoms with E-state index in [4.69, 9.17) is 14.7 Å². The molecular formula is C34H31F2NO4. The SMILES string of the molecule is N#Cc1ccc2cc(OC(=O)CCCCCCCCCC(=O)Oc3ccc(-c4ccc(F)cc4)c(F)c3)ccc2c1. The predicted octanol–water partition coefficient (Wildman–Crippen LogP) is 8.68. The molecule has 5 nitrogen and oxygen atoms in total. The van der Waals surface area contributed by atoms with Gasteiger partial charge in [-0.05, 0) is 77.7 Å². The molecule has 0 bridgehead atoms. The maximum Gasteiger partial charge on any atom is 0.311 e.